The number of aryl methyl sites for hydroxylation is 2. The average molecular weight is 335 g/mol. The Morgan fingerprint density at radius 1 is 1.41 bits per heavy atom. The predicted molar refractivity (Wildman–Crippen MR) is 92.6 cm³/mol. The molecule has 0 aromatic carbocycles. The van der Waals surface area contributed by atoms with Crippen molar-refractivity contribution in [3.63, 3.8) is 0 Å². The highest BCUT2D eigenvalue weighted by Crippen LogP contribution is 2.34. The van der Waals surface area contributed by atoms with Crippen LogP contribution in [0.2, 0.25) is 0 Å². The van der Waals surface area contributed by atoms with Crippen molar-refractivity contribution in [1.29, 1.82) is 0 Å². The summed E-state index contributed by atoms with van der Waals surface area (Å²) >= 11 is 3.24. The third-order valence-electron chi connectivity index (χ3n) is 4.39. The van der Waals surface area contributed by atoms with E-state index in [-0.39, 0.29) is 5.91 Å². The second-order valence-electron chi connectivity index (χ2n) is 5.86. The smallest absolute Gasteiger partial charge is 0.233 e. The van der Waals surface area contributed by atoms with Crippen molar-refractivity contribution >= 4 is 39.2 Å². The van der Waals surface area contributed by atoms with Crippen LogP contribution in [-0.2, 0) is 4.79 Å². The van der Waals surface area contributed by atoms with Crippen molar-refractivity contribution in [2.45, 2.75) is 51.1 Å². The third kappa shape index (κ3) is 2.99. The summed E-state index contributed by atoms with van der Waals surface area (Å²) in [5.74, 6) is 0.693. The number of hydrogen-bond donors (Lipinski definition) is 0. The number of piperidine rings is 1. The Balaban J connectivity index is 1.75. The molecule has 0 spiro atoms. The number of amides is 1. The number of nitrogens with zero attached hydrogens (tertiary/aromatic N) is 3. The van der Waals surface area contributed by atoms with Crippen molar-refractivity contribution in [3.05, 3.63) is 16.8 Å². The number of carbonyl (C=O) groups excluding carboxylic acids is 1. The number of hydrogen-bond acceptors (Lipinski definition) is 5. The van der Waals surface area contributed by atoms with E-state index in [1.807, 2.05) is 4.90 Å². The molecule has 2 aromatic rings. The van der Waals surface area contributed by atoms with Crippen LogP contribution in [0.25, 0.3) is 10.2 Å². The van der Waals surface area contributed by atoms with Crippen molar-refractivity contribution in [3.8, 4) is 0 Å². The molecule has 22 heavy (non-hydrogen) atoms. The van der Waals surface area contributed by atoms with E-state index in [9.17, 15) is 4.79 Å². The predicted octanol–water partition coefficient (Wildman–Crippen LogP) is 3.80. The largest absolute Gasteiger partial charge is 0.339 e. The minimum absolute atomic E-state index is 0.230. The molecule has 1 fully saturated rings. The first-order chi connectivity index (χ1) is 10.6. The lowest BCUT2D eigenvalue weighted by molar-refractivity contribution is -0.131. The Kier molecular flexibility index (Phi) is 4.68. The van der Waals surface area contributed by atoms with Crippen molar-refractivity contribution in [1.82, 2.24) is 14.9 Å². The fourth-order valence-corrected chi connectivity index (χ4v) is 4.94. The van der Waals surface area contributed by atoms with Crippen LogP contribution in [0.3, 0.4) is 0 Å². The van der Waals surface area contributed by atoms with Crippen molar-refractivity contribution in [2.24, 2.45) is 0 Å². The number of carbonyl (C=O) groups is 1. The molecule has 1 saturated heterocycles. The van der Waals surface area contributed by atoms with E-state index in [1.165, 1.54) is 16.9 Å². The van der Waals surface area contributed by atoms with E-state index in [1.54, 1.807) is 29.4 Å². The molecule has 1 amide bonds. The molecule has 3 rings (SSSR count). The number of rotatable bonds is 3. The SMILES string of the molecule is Cc1sc2ncnc(SCC(=O)N3CCCCC3C)c2c1C. The molecule has 4 nitrogen and oxygen atoms in total. The first kappa shape index (κ1) is 15.7. The topological polar surface area (TPSA) is 46.1 Å². The average Bonchev–Trinajstić information content (AvgIpc) is 2.81. The molecule has 0 radical (unpaired) electrons. The lowest BCUT2D eigenvalue weighted by Gasteiger charge is -2.33. The van der Waals surface area contributed by atoms with E-state index >= 15 is 0 Å². The first-order valence-corrected chi connectivity index (χ1v) is 9.51. The summed E-state index contributed by atoms with van der Waals surface area (Å²) in [6, 6.07) is 0.373. The summed E-state index contributed by atoms with van der Waals surface area (Å²) in [5.41, 5.74) is 1.24. The molecule has 0 aliphatic carbocycles. The van der Waals surface area contributed by atoms with Crippen LogP contribution < -0.4 is 0 Å². The molecule has 1 unspecified atom stereocenters. The number of thioether (sulfide) groups is 1. The van der Waals surface area contributed by atoms with Gasteiger partial charge in [0.25, 0.3) is 0 Å². The maximum atomic E-state index is 12.5. The highest BCUT2D eigenvalue weighted by molar-refractivity contribution is 8.00. The van der Waals surface area contributed by atoms with Crippen LogP contribution in [0, 0.1) is 13.8 Å². The van der Waals surface area contributed by atoms with Crippen molar-refractivity contribution < 1.29 is 4.79 Å². The number of likely N-dealkylation sites (tertiary alicyclic amines) is 1. The van der Waals surface area contributed by atoms with E-state index < -0.39 is 0 Å². The summed E-state index contributed by atoms with van der Waals surface area (Å²) in [4.78, 5) is 25.5. The zero-order chi connectivity index (χ0) is 15.7. The van der Waals surface area contributed by atoms with Gasteiger partial charge < -0.3 is 4.90 Å². The van der Waals surface area contributed by atoms with Gasteiger partial charge in [0.1, 0.15) is 16.2 Å². The Labute approximate surface area is 139 Å². The molecule has 3 heterocycles. The van der Waals surface area contributed by atoms with E-state index in [4.69, 9.17) is 0 Å². The highest BCUT2D eigenvalue weighted by Gasteiger charge is 2.23. The normalized spacial score (nSPS) is 18.9. The van der Waals surface area contributed by atoms with Crippen LogP contribution in [-0.4, -0.2) is 39.1 Å². The highest BCUT2D eigenvalue weighted by atomic mass is 32.2. The second-order valence-corrected chi connectivity index (χ2v) is 8.03. The number of thiophene rings is 1. The zero-order valence-electron chi connectivity index (χ0n) is 13.3. The molecule has 1 aliphatic heterocycles. The number of fused-ring (bicyclic) bond motifs is 1. The molecule has 1 aliphatic rings. The summed E-state index contributed by atoms with van der Waals surface area (Å²) < 4.78 is 0. The maximum Gasteiger partial charge on any atom is 0.233 e. The molecule has 0 N–H and O–H groups in total. The van der Waals surface area contributed by atoms with Gasteiger partial charge in [0.05, 0.1) is 5.75 Å². The third-order valence-corrected chi connectivity index (χ3v) is 6.48. The van der Waals surface area contributed by atoms with Gasteiger partial charge >= 0.3 is 0 Å². The Bertz CT molecular complexity index is 698. The minimum Gasteiger partial charge on any atom is -0.339 e. The van der Waals surface area contributed by atoms with Gasteiger partial charge in [-0.3, -0.25) is 4.79 Å². The quantitative estimate of drug-likeness (QED) is 0.632. The Hall–Kier alpha value is -1.14. The van der Waals surface area contributed by atoms with Crippen LogP contribution in [0.4, 0.5) is 0 Å². The van der Waals surface area contributed by atoms with Crippen LogP contribution >= 0.6 is 23.1 Å². The number of aromatic nitrogens is 2. The molecule has 2 aromatic heterocycles. The molecule has 0 saturated carbocycles. The van der Waals surface area contributed by atoms with Crippen molar-refractivity contribution in [2.75, 3.05) is 12.3 Å². The van der Waals surface area contributed by atoms with E-state index in [2.05, 4.69) is 30.7 Å². The monoisotopic (exact) mass is 335 g/mol. The van der Waals surface area contributed by atoms with Gasteiger partial charge in [-0.1, -0.05) is 11.8 Å². The Morgan fingerprint density at radius 2 is 2.23 bits per heavy atom. The fraction of sp³-hybridized carbons (Fsp3) is 0.562. The second kappa shape index (κ2) is 6.54. The van der Waals surface area contributed by atoms with Crippen LogP contribution in [0.15, 0.2) is 11.4 Å². The van der Waals surface area contributed by atoms with Gasteiger partial charge in [0, 0.05) is 22.8 Å². The van der Waals surface area contributed by atoms with Crippen LogP contribution in [0.5, 0.6) is 0 Å². The molecule has 118 valence electrons. The summed E-state index contributed by atoms with van der Waals surface area (Å²) in [7, 11) is 0. The first-order valence-electron chi connectivity index (χ1n) is 7.71. The molecular weight excluding hydrogens is 314 g/mol. The van der Waals surface area contributed by atoms with E-state index in [0.29, 0.717) is 11.8 Å². The van der Waals surface area contributed by atoms with Gasteiger partial charge in [-0.05, 0) is 45.6 Å². The zero-order valence-corrected chi connectivity index (χ0v) is 14.9. The Morgan fingerprint density at radius 3 is 3.00 bits per heavy atom. The van der Waals surface area contributed by atoms with Crippen LogP contribution in [0.1, 0.15) is 36.6 Å². The molecule has 1 atom stereocenters. The standard InChI is InChI=1S/C16H21N3OS2/c1-10-6-4-5-7-19(10)13(20)8-21-15-14-11(2)12(3)22-16(14)18-9-17-15/h9-10H,4-8H2,1-3H3. The lowest BCUT2D eigenvalue weighted by Crippen LogP contribution is -2.42. The van der Waals surface area contributed by atoms with Gasteiger partial charge in [-0.15, -0.1) is 11.3 Å². The van der Waals surface area contributed by atoms with Gasteiger partial charge in [0.2, 0.25) is 5.91 Å². The fourth-order valence-electron chi connectivity index (χ4n) is 2.94. The summed E-state index contributed by atoms with van der Waals surface area (Å²) in [5, 5.41) is 2.05. The van der Waals surface area contributed by atoms with E-state index in [0.717, 1.165) is 34.6 Å². The molecule has 0 bridgehead atoms. The maximum absolute atomic E-state index is 12.5. The van der Waals surface area contributed by atoms with Gasteiger partial charge in [-0.2, -0.15) is 0 Å². The minimum atomic E-state index is 0.230. The van der Waals surface area contributed by atoms with Gasteiger partial charge in [-0.25, -0.2) is 9.97 Å². The van der Waals surface area contributed by atoms with Gasteiger partial charge in [0.15, 0.2) is 0 Å². The summed E-state index contributed by atoms with van der Waals surface area (Å²) in [6.07, 6.45) is 5.09. The lowest BCUT2D eigenvalue weighted by atomic mass is 10.0. The molecular formula is C16H21N3OS2. The summed E-state index contributed by atoms with van der Waals surface area (Å²) in [6.45, 7) is 7.26. The molecule has 6 heteroatoms.